The normalized spacial score (nSPS) is 18.9. The molecule has 0 unspecified atom stereocenters. The molecule has 3 aromatic rings. The molecule has 5 heteroatoms. The lowest BCUT2D eigenvalue weighted by Gasteiger charge is -2.29. The Hall–Kier alpha value is -3.02. The maximum Gasteiger partial charge on any atom is 0.203 e. The molecule has 1 aliphatic heterocycles. The third kappa shape index (κ3) is 3.86. The van der Waals surface area contributed by atoms with Gasteiger partial charge in [0.05, 0.1) is 34.0 Å². The highest BCUT2D eigenvalue weighted by Gasteiger charge is 2.37. The van der Waals surface area contributed by atoms with Crippen LogP contribution in [0.3, 0.4) is 0 Å². The van der Waals surface area contributed by atoms with Crippen LogP contribution in [-0.2, 0) is 11.3 Å². The molecular formula is C25H27NO4. The number of hydrogen-bond acceptors (Lipinski definition) is 5. The molecule has 30 heavy (non-hydrogen) atoms. The summed E-state index contributed by atoms with van der Waals surface area (Å²) in [5.41, 5.74) is 3.38. The largest absolute Gasteiger partial charge is 0.493 e. The molecule has 5 nitrogen and oxygen atoms in total. The van der Waals surface area contributed by atoms with Crippen molar-refractivity contribution in [3.8, 4) is 17.2 Å². The van der Waals surface area contributed by atoms with Gasteiger partial charge >= 0.3 is 0 Å². The van der Waals surface area contributed by atoms with Crippen molar-refractivity contribution >= 4 is 0 Å². The van der Waals surface area contributed by atoms with E-state index in [1.54, 1.807) is 21.3 Å². The number of nitrogens with zero attached hydrogens (tertiary/aromatic N) is 1. The lowest BCUT2D eigenvalue weighted by Crippen LogP contribution is -2.27. The number of hydrogen-bond donors (Lipinski definition) is 0. The van der Waals surface area contributed by atoms with E-state index in [0.717, 1.165) is 11.1 Å². The summed E-state index contributed by atoms with van der Waals surface area (Å²) in [6.07, 6.45) is -0.144. The summed E-state index contributed by atoms with van der Waals surface area (Å²) in [6.45, 7) is 1.27. The molecule has 2 atom stereocenters. The molecule has 1 fully saturated rings. The van der Waals surface area contributed by atoms with Crippen molar-refractivity contribution in [2.24, 2.45) is 0 Å². The highest BCUT2D eigenvalue weighted by molar-refractivity contribution is 5.55. The number of benzene rings is 3. The van der Waals surface area contributed by atoms with E-state index in [9.17, 15) is 0 Å². The van der Waals surface area contributed by atoms with Gasteiger partial charge in [-0.1, -0.05) is 66.7 Å². The van der Waals surface area contributed by atoms with Crippen molar-refractivity contribution in [2.45, 2.75) is 18.8 Å². The van der Waals surface area contributed by atoms with Gasteiger partial charge in [-0.05, 0) is 17.2 Å². The second kappa shape index (κ2) is 9.20. The van der Waals surface area contributed by atoms with Gasteiger partial charge in [-0.15, -0.1) is 0 Å². The van der Waals surface area contributed by atoms with E-state index >= 15 is 0 Å². The van der Waals surface area contributed by atoms with Crippen molar-refractivity contribution in [2.75, 3.05) is 27.9 Å². The van der Waals surface area contributed by atoms with Crippen LogP contribution in [0.4, 0.5) is 0 Å². The third-order valence-electron chi connectivity index (χ3n) is 5.52. The lowest BCUT2D eigenvalue weighted by molar-refractivity contribution is 0.0242. The molecule has 0 N–H and O–H groups in total. The second-order valence-electron chi connectivity index (χ2n) is 7.19. The van der Waals surface area contributed by atoms with E-state index < -0.39 is 0 Å². The highest BCUT2D eigenvalue weighted by Crippen LogP contribution is 2.44. The molecule has 156 valence electrons. The monoisotopic (exact) mass is 405 g/mol. The van der Waals surface area contributed by atoms with Crippen LogP contribution in [-0.4, -0.2) is 32.8 Å². The SMILES string of the molecule is COc1ccc(CN2[C@@H](c3ccccc3)OC[C@H]2c2ccccc2)c(OC)c1OC. The minimum absolute atomic E-state index is 0.134. The molecule has 0 aliphatic carbocycles. The van der Waals surface area contributed by atoms with E-state index in [1.807, 2.05) is 36.4 Å². The van der Waals surface area contributed by atoms with Crippen LogP contribution in [0.1, 0.15) is 29.0 Å². The predicted molar refractivity (Wildman–Crippen MR) is 116 cm³/mol. The Labute approximate surface area is 177 Å². The first-order valence-electron chi connectivity index (χ1n) is 10.0. The Morgan fingerprint density at radius 1 is 0.767 bits per heavy atom. The van der Waals surface area contributed by atoms with Crippen LogP contribution >= 0.6 is 0 Å². The van der Waals surface area contributed by atoms with E-state index in [2.05, 4.69) is 41.3 Å². The maximum atomic E-state index is 6.30. The fourth-order valence-corrected chi connectivity index (χ4v) is 4.08. The first kappa shape index (κ1) is 20.3. The molecule has 0 spiro atoms. The molecule has 1 saturated heterocycles. The van der Waals surface area contributed by atoms with Crippen LogP contribution < -0.4 is 14.2 Å². The van der Waals surface area contributed by atoms with Gasteiger partial charge in [0.15, 0.2) is 11.5 Å². The number of methoxy groups -OCH3 is 3. The van der Waals surface area contributed by atoms with Crippen LogP contribution in [0.25, 0.3) is 0 Å². The Balaban J connectivity index is 1.74. The molecule has 0 amide bonds. The summed E-state index contributed by atoms with van der Waals surface area (Å²) >= 11 is 0. The molecule has 3 aromatic carbocycles. The third-order valence-corrected chi connectivity index (χ3v) is 5.52. The average molecular weight is 405 g/mol. The summed E-state index contributed by atoms with van der Waals surface area (Å²) in [5, 5.41) is 0. The van der Waals surface area contributed by atoms with Crippen LogP contribution in [0.5, 0.6) is 17.2 Å². The van der Waals surface area contributed by atoms with Gasteiger partial charge in [-0.3, -0.25) is 4.90 Å². The zero-order valence-corrected chi connectivity index (χ0v) is 17.6. The van der Waals surface area contributed by atoms with Gasteiger partial charge in [0.25, 0.3) is 0 Å². The standard InChI is InChI=1S/C25H27NO4/c1-27-22-15-14-20(23(28-2)24(22)29-3)16-26-21(18-10-6-4-7-11-18)17-30-25(26)19-12-8-5-9-13-19/h4-15,21,25H,16-17H2,1-3H3/t21-,25+/m0/s1. The first-order valence-corrected chi connectivity index (χ1v) is 10.0. The van der Waals surface area contributed by atoms with Crippen molar-refractivity contribution in [3.63, 3.8) is 0 Å². The zero-order chi connectivity index (χ0) is 20.9. The van der Waals surface area contributed by atoms with Crippen molar-refractivity contribution in [1.82, 2.24) is 4.90 Å². The van der Waals surface area contributed by atoms with Gasteiger partial charge in [0, 0.05) is 12.1 Å². The molecule has 1 aliphatic rings. The Morgan fingerprint density at radius 2 is 1.40 bits per heavy atom. The van der Waals surface area contributed by atoms with Gasteiger partial charge in [0.2, 0.25) is 5.75 Å². The van der Waals surface area contributed by atoms with E-state index in [4.69, 9.17) is 18.9 Å². The van der Waals surface area contributed by atoms with Gasteiger partial charge in [0.1, 0.15) is 6.23 Å². The van der Waals surface area contributed by atoms with Crippen molar-refractivity contribution in [1.29, 1.82) is 0 Å². The first-order chi connectivity index (χ1) is 14.8. The van der Waals surface area contributed by atoms with Crippen molar-refractivity contribution < 1.29 is 18.9 Å². The van der Waals surface area contributed by atoms with Gasteiger partial charge in [-0.25, -0.2) is 0 Å². The Kier molecular flexibility index (Phi) is 6.21. The predicted octanol–water partition coefficient (Wildman–Crippen LogP) is 4.98. The number of rotatable bonds is 7. The summed E-state index contributed by atoms with van der Waals surface area (Å²) in [6, 6.07) is 24.9. The summed E-state index contributed by atoms with van der Waals surface area (Å²) in [4.78, 5) is 2.37. The van der Waals surface area contributed by atoms with Crippen LogP contribution in [0, 0.1) is 0 Å². The maximum absolute atomic E-state index is 6.30. The van der Waals surface area contributed by atoms with E-state index in [-0.39, 0.29) is 12.3 Å². The minimum atomic E-state index is -0.144. The topological polar surface area (TPSA) is 40.2 Å². The van der Waals surface area contributed by atoms with Gasteiger partial charge in [-0.2, -0.15) is 0 Å². The smallest absolute Gasteiger partial charge is 0.203 e. The van der Waals surface area contributed by atoms with Crippen LogP contribution in [0.15, 0.2) is 72.8 Å². The van der Waals surface area contributed by atoms with Crippen molar-refractivity contribution in [3.05, 3.63) is 89.5 Å². The fraction of sp³-hybridized carbons (Fsp3) is 0.280. The molecule has 0 aromatic heterocycles. The zero-order valence-electron chi connectivity index (χ0n) is 17.6. The quantitative estimate of drug-likeness (QED) is 0.554. The molecule has 1 heterocycles. The minimum Gasteiger partial charge on any atom is -0.493 e. The highest BCUT2D eigenvalue weighted by atomic mass is 16.5. The molecular weight excluding hydrogens is 378 g/mol. The Morgan fingerprint density at radius 3 is 2.00 bits per heavy atom. The average Bonchev–Trinajstić information content (AvgIpc) is 3.23. The van der Waals surface area contributed by atoms with Crippen LogP contribution in [0.2, 0.25) is 0 Å². The number of ether oxygens (including phenoxy) is 4. The molecule has 0 bridgehead atoms. The van der Waals surface area contributed by atoms with E-state index in [1.165, 1.54) is 5.56 Å². The van der Waals surface area contributed by atoms with Gasteiger partial charge < -0.3 is 18.9 Å². The fourth-order valence-electron chi connectivity index (χ4n) is 4.08. The molecule has 0 radical (unpaired) electrons. The molecule has 0 saturated carbocycles. The summed E-state index contributed by atoms with van der Waals surface area (Å²) in [5.74, 6) is 1.93. The summed E-state index contributed by atoms with van der Waals surface area (Å²) < 4.78 is 23.1. The second-order valence-corrected chi connectivity index (χ2v) is 7.19. The summed E-state index contributed by atoms with van der Waals surface area (Å²) in [7, 11) is 4.91. The lowest BCUT2D eigenvalue weighted by atomic mass is 10.0. The molecule has 4 rings (SSSR count). The van der Waals surface area contributed by atoms with E-state index in [0.29, 0.717) is 30.4 Å². The Bertz CT molecular complexity index is 914.